The van der Waals surface area contributed by atoms with Gasteiger partial charge >= 0.3 is 0 Å². The number of nitrogens with two attached hydrogens (primary N) is 1. The molecule has 0 amide bonds. The molecule has 0 saturated carbocycles. The fraction of sp³-hybridized carbons (Fsp3) is 1.00. The largest absolute Gasteiger partial charge is 0.394 e. The standard InChI is InChI=1S/C38H66N2O30/c1-8(39)40-70-32-25(57)38-63-14(7-46)31(32)69-37-24(56)19(51)29(12(5-44)62-37)67-35-22(54)17(49)27(10(3-42)60-35)65-33-20(52)15(47)26(9(2-41)58-33)64-34-21(53)16(48)28(11(4-43)59-34)66-36-23(55)18(50)30(68-38)13(6-45)61-36/h8-38,40-57H,2-7,39H2,1H3/t8?,9-,10-,11-,12-,13-,14-,15-,16-,17-,18-,19-,20-,21-,22-,23-,24-,25-,26-,27-,28-,29-,30-,31+,32-,33-,34-,35-,36-,37-,38-/m1/s1. The maximum absolute atomic E-state index is 11.7. The molecule has 22 aliphatic rings. The molecule has 0 spiro atoms. The summed E-state index contributed by atoms with van der Waals surface area (Å²) < 4.78 is 69.0. The van der Waals surface area contributed by atoms with Crippen molar-refractivity contribution < 1.29 is 148 Å². The predicted octanol–water partition coefficient (Wildman–Crippen LogP) is -13.2. The number of hydrogen-bond acceptors (Lipinski definition) is 32. The SMILES string of the molecule is CC(N)NO[C@@H]1[C@@H](O)[C@H]2O[C@H]3[C@H](O)[C@@H](O)[C@@H](O[C@H]4[C@H](O)[C@@H](O)[C@@H](O[C@H]5[C@H](O)[C@@H](O)[C@@H](O[C@H]6[C@H](O)[C@@H](O)[C@@H](O[C@H]7[C@H](O)[C@@H](O)[C@@H](O[C@H]1[C@@H](CO)O2)O[C@@H]7CO)O[C@@H]6CO)O[C@@H]5CO)O[C@@H]4CO)O[C@@H]3CO. The summed E-state index contributed by atoms with van der Waals surface area (Å²) in [5.74, 6) is 0. The summed E-state index contributed by atoms with van der Waals surface area (Å²) in [4.78, 5) is 5.64. The number of nitrogens with one attached hydrogen (secondary N) is 1. The third-order valence-corrected chi connectivity index (χ3v) is 13.0. The lowest BCUT2D eigenvalue weighted by atomic mass is 9.94. The van der Waals surface area contributed by atoms with Gasteiger partial charge in [0.1, 0.15) is 146 Å². The Balaban J connectivity index is 1.22. The highest BCUT2D eigenvalue weighted by Crippen LogP contribution is 2.38. The van der Waals surface area contributed by atoms with Crippen molar-refractivity contribution in [2.45, 2.75) is 197 Å². The Hall–Kier alpha value is -1.28. The first-order chi connectivity index (χ1) is 33.3. The van der Waals surface area contributed by atoms with Crippen LogP contribution in [0.5, 0.6) is 0 Å². The normalized spacial score (nSPS) is 53.4. The topological polar surface area (TPSA) is 502 Å². The Morgan fingerprint density at radius 2 is 0.529 bits per heavy atom. The molecule has 22 saturated heterocycles. The van der Waals surface area contributed by atoms with E-state index in [-0.39, 0.29) is 0 Å². The smallest absolute Gasteiger partial charge is 0.187 e. The van der Waals surface area contributed by atoms with Gasteiger partial charge in [0.25, 0.3) is 0 Å². The first kappa shape index (κ1) is 56.4. The number of hydrogen-bond donors (Lipinski definition) is 19. The molecule has 0 radical (unpaired) electrons. The molecule has 408 valence electrons. The van der Waals surface area contributed by atoms with Crippen LogP contribution in [0, 0.1) is 0 Å². The molecule has 31 atom stereocenters. The van der Waals surface area contributed by atoms with Crippen LogP contribution in [-0.2, 0) is 61.7 Å². The molecule has 22 aliphatic heterocycles. The zero-order valence-electron chi connectivity index (χ0n) is 37.1. The summed E-state index contributed by atoms with van der Waals surface area (Å²) >= 11 is 0. The molecule has 20 N–H and O–H groups in total. The van der Waals surface area contributed by atoms with E-state index in [0.717, 1.165) is 0 Å². The van der Waals surface area contributed by atoms with Crippen molar-refractivity contribution in [2.75, 3.05) is 39.6 Å². The second kappa shape index (κ2) is 24.2. The van der Waals surface area contributed by atoms with Crippen molar-refractivity contribution in [2.24, 2.45) is 5.73 Å². The van der Waals surface area contributed by atoms with E-state index in [4.69, 9.17) is 67.4 Å². The number of hydroxylamine groups is 1. The van der Waals surface area contributed by atoms with Gasteiger partial charge < -0.3 is 149 Å². The monoisotopic (exact) mass is 1030 g/mol. The van der Waals surface area contributed by atoms with E-state index < -0.39 is 230 Å². The maximum atomic E-state index is 11.7. The van der Waals surface area contributed by atoms with Crippen LogP contribution in [-0.4, -0.2) is 317 Å². The van der Waals surface area contributed by atoms with Gasteiger partial charge in [-0.2, -0.15) is 5.48 Å². The Morgan fingerprint density at radius 3 is 0.743 bits per heavy atom. The Kier molecular flexibility index (Phi) is 19.5. The van der Waals surface area contributed by atoms with Crippen molar-refractivity contribution >= 4 is 0 Å². The molecule has 0 aliphatic carbocycles. The van der Waals surface area contributed by atoms with E-state index in [2.05, 4.69) is 5.48 Å². The van der Waals surface area contributed by atoms with Crippen LogP contribution >= 0.6 is 0 Å². The minimum Gasteiger partial charge on any atom is -0.394 e. The molecular weight excluding hydrogens is 964 g/mol. The van der Waals surface area contributed by atoms with E-state index in [9.17, 15) is 86.8 Å². The van der Waals surface area contributed by atoms with Crippen LogP contribution < -0.4 is 11.2 Å². The van der Waals surface area contributed by atoms with Crippen LogP contribution in [0.2, 0.25) is 0 Å². The maximum Gasteiger partial charge on any atom is 0.187 e. The van der Waals surface area contributed by atoms with E-state index >= 15 is 0 Å². The van der Waals surface area contributed by atoms with Crippen molar-refractivity contribution in [1.82, 2.24) is 5.48 Å². The molecule has 1 unspecified atom stereocenters. The average Bonchev–Trinajstić information content (AvgIpc) is 3.34. The molecule has 22 rings (SSSR count). The van der Waals surface area contributed by atoms with E-state index in [1.54, 1.807) is 0 Å². The Labute approximate surface area is 396 Å². The van der Waals surface area contributed by atoms with Gasteiger partial charge in [0.2, 0.25) is 0 Å². The van der Waals surface area contributed by atoms with Gasteiger partial charge in [-0.15, -0.1) is 0 Å². The van der Waals surface area contributed by atoms with Gasteiger partial charge in [0, 0.05) is 0 Å². The van der Waals surface area contributed by atoms with Gasteiger partial charge in [0.05, 0.1) is 45.8 Å². The Bertz CT molecular complexity index is 1610. The number of rotatable bonds is 9. The minimum absolute atomic E-state index is 0.948. The van der Waals surface area contributed by atoms with Crippen molar-refractivity contribution in [3.05, 3.63) is 0 Å². The van der Waals surface area contributed by atoms with Crippen LogP contribution in [0.4, 0.5) is 0 Å². The zero-order valence-corrected chi connectivity index (χ0v) is 37.1. The van der Waals surface area contributed by atoms with E-state index in [0.29, 0.717) is 0 Å². The van der Waals surface area contributed by atoms with Gasteiger partial charge in [-0.1, -0.05) is 0 Å². The predicted molar refractivity (Wildman–Crippen MR) is 211 cm³/mol. The van der Waals surface area contributed by atoms with Crippen molar-refractivity contribution in [3.63, 3.8) is 0 Å². The summed E-state index contributed by atoms with van der Waals surface area (Å²) in [7, 11) is 0. The van der Waals surface area contributed by atoms with Crippen LogP contribution in [0.3, 0.4) is 0 Å². The molecule has 22 heterocycles. The van der Waals surface area contributed by atoms with Gasteiger partial charge in [-0.25, -0.2) is 0 Å². The van der Waals surface area contributed by atoms with Crippen LogP contribution in [0.1, 0.15) is 6.92 Å². The number of aliphatic hydroxyl groups excluding tert-OH is 17. The van der Waals surface area contributed by atoms with Gasteiger partial charge in [0.15, 0.2) is 37.7 Å². The summed E-state index contributed by atoms with van der Waals surface area (Å²) in [5, 5.41) is 187. The molecule has 32 nitrogen and oxygen atoms in total. The molecule has 0 aromatic rings. The molecule has 22 fully saturated rings. The fourth-order valence-corrected chi connectivity index (χ4v) is 9.23. The van der Waals surface area contributed by atoms with E-state index in [1.807, 2.05) is 0 Å². The van der Waals surface area contributed by atoms with Crippen molar-refractivity contribution in [3.8, 4) is 0 Å². The molecule has 70 heavy (non-hydrogen) atoms. The quantitative estimate of drug-likeness (QED) is 0.0753. The van der Waals surface area contributed by atoms with Crippen molar-refractivity contribution in [1.29, 1.82) is 0 Å². The average molecular weight is 1030 g/mol. The first-order valence-electron chi connectivity index (χ1n) is 22.5. The molecule has 32 heteroatoms. The molecular formula is C38H66N2O30. The number of ether oxygens (including phenoxy) is 12. The highest BCUT2D eigenvalue weighted by atomic mass is 16.8. The van der Waals surface area contributed by atoms with Gasteiger partial charge in [-0.3, -0.25) is 4.84 Å². The molecule has 0 aromatic carbocycles. The Morgan fingerprint density at radius 1 is 0.329 bits per heavy atom. The fourth-order valence-electron chi connectivity index (χ4n) is 9.23. The second-order valence-electron chi connectivity index (χ2n) is 17.8. The van der Waals surface area contributed by atoms with Gasteiger partial charge in [-0.05, 0) is 6.92 Å². The minimum atomic E-state index is -2.15. The summed E-state index contributed by atoms with van der Waals surface area (Å²) in [6.45, 7) is -4.54. The summed E-state index contributed by atoms with van der Waals surface area (Å²) in [6.07, 6.45) is -58.8. The highest BCUT2D eigenvalue weighted by molar-refractivity contribution is 5.01. The summed E-state index contributed by atoms with van der Waals surface area (Å²) in [5.41, 5.74) is 8.21. The number of aliphatic hydroxyl groups is 17. The highest BCUT2D eigenvalue weighted by Gasteiger charge is 2.59. The molecule has 0 aromatic heterocycles. The van der Waals surface area contributed by atoms with Crippen LogP contribution in [0.25, 0.3) is 0 Å². The lowest BCUT2D eigenvalue weighted by molar-refractivity contribution is -0.406. The second-order valence-corrected chi connectivity index (χ2v) is 17.8. The third-order valence-electron chi connectivity index (χ3n) is 13.0. The lowest BCUT2D eigenvalue weighted by Gasteiger charge is -2.51. The summed E-state index contributed by atoms with van der Waals surface area (Å²) in [6, 6.07) is 0. The lowest BCUT2D eigenvalue weighted by Crippen LogP contribution is -2.69. The van der Waals surface area contributed by atoms with E-state index in [1.165, 1.54) is 6.92 Å². The zero-order chi connectivity index (χ0) is 51.0. The molecule has 12 bridgehead atoms. The third kappa shape index (κ3) is 11.3. The first-order valence-corrected chi connectivity index (χ1v) is 22.5. The van der Waals surface area contributed by atoms with Crippen LogP contribution in [0.15, 0.2) is 0 Å².